The van der Waals surface area contributed by atoms with Gasteiger partial charge < -0.3 is 9.88 Å². The quantitative estimate of drug-likeness (QED) is 0.322. The van der Waals surface area contributed by atoms with Crippen LogP contribution in [-0.2, 0) is 11.3 Å². The van der Waals surface area contributed by atoms with E-state index >= 15 is 0 Å². The van der Waals surface area contributed by atoms with Crippen LogP contribution in [0.1, 0.15) is 28.4 Å². The Kier molecular flexibility index (Phi) is 6.33. The average molecular weight is 445 g/mol. The van der Waals surface area contributed by atoms with E-state index in [9.17, 15) is 9.59 Å². The van der Waals surface area contributed by atoms with Crippen molar-refractivity contribution in [3.8, 4) is 0 Å². The number of hydrogen-bond donors (Lipinski definition) is 2. The lowest BCUT2D eigenvalue weighted by molar-refractivity contribution is -0.114. The molecular formula is C25H21ClN4O2. The monoisotopic (exact) mass is 444 g/mol. The van der Waals surface area contributed by atoms with E-state index in [1.165, 1.54) is 6.92 Å². The Morgan fingerprint density at radius 3 is 2.44 bits per heavy atom. The molecule has 2 N–H and O–H groups in total. The third-order valence-electron chi connectivity index (χ3n) is 4.92. The normalized spacial score (nSPS) is 11.1. The smallest absolute Gasteiger partial charge is 0.271 e. The average Bonchev–Trinajstić information content (AvgIpc) is 3.13. The lowest BCUT2D eigenvalue weighted by Gasteiger charge is -2.05. The molecule has 160 valence electrons. The minimum absolute atomic E-state index is 0.165. The zero-order valence-electron chi connectivity index (χ0n) is 17.4. The van der Waals surface area contributed by atoms with Gasteiger partial charge in [0.1, 0.15) is 0 Å². The molecule has 3 aromatic carbocycles. The summed E-state index contributed by atoms with van der Waals surface area (Å²) in [7, 11) is 0. The first kappa shape index (κ1) is 21.3. The van der Waals surface area contributed by atoms with Gasteiger partial charge in [-0.25, -0.2) is 5.43 Å². The highest BCUT2D eigenvalue weighted by molar-refractivity contribution is 6.30. The highest BCUT2D eigenvalue weighted by Crippen LogP contribution is 2.22. The molecule has 0 spiro atoms. The Balaban J connectivity index is 1.49. The molecule has 6 nitrogen and oxygen atoms in total. The van der Waals surface area contributed by atoms with Crippen molar-refractivity contribution in [3.63, 3.8) is 0 Å². The van der Waals surface area contributed by atoms with Crippen molar-refractivity contribution in [1.29, 1.82) is 0 Å². The van der Waals surface area contributed by atoms with Gasteiger partial charge >= 0.3 is 0 Å². The number of carbonyl (C=O) groups excluding carboxylic acids is 2. The number of aromatic nitrogens is 1. The van der Waals surface area contributed by atoms with E-state index in [1.54, 1.807) is 30.5 Å². The van der Waals surface area contributed by atoms with Crippen LogP contribution >= 0.6 is 11.6 Å². The van der Waals surface area contributed by atoms with Crippen LogP contribution in [0.25, 0.3) is 10.9 Å². The summed E-state index contributed by atoms with van der Waals surface area (Å²) in [5.74, 6) is -0.498. The van der Waals surface area contributed by atoms with Crippen LogP contribution in [0.15, 0.2) is 84.1 Å². The third-order valence-corrected chi connectivity index (χ3v) is 5.17. The first-order valence-corrected chi connectivity index (χ1v) is 10.4. The summed E-state index contributed by atoms with van der Waals surface area (Å²) in [4.78, 5) is 23.5. The number of nitrogens with one attached hydrogen (secondary N) is 2. The molecule has 32 heavy (non-hydrogen) atoms. The Hall–Kier alpha value is -3.90. The minimum atomic E-state index is -0.333. The number of rotatable bonds is 6. The number of carbonyl (C=O) groups is 2. The maximum Gasteiger partial charge on any atom is 0.271 e. The van der Waals surface area contributed by atoms with Crippen LogP contribution in [0.4, 0.5) is 5.69 Å². The zero-order chi connectivity index (χ0) is 22.5. The first-order valence-electron chi connectivity index (χ1n) is 10.0. The fourth-order valence-corrected chi connectivity index (χ4v) is 3.55. The van der Waals surface area contributed by atoms with Crippen LogP contribution in [0.5, 0.6) is 0 Å². The topological polar surface area (TPSA) is 75.5 Å². The molecule has 1 aromatic heterocycles. The van der Waals surface area contributed by atoms with Crippen molar-refractivity contribution < 1.29 is 9.59 Å². The number of anilines is 1. The van der Waals surface area contributed by atoms with Crippen molar-refractivity contribution in [1.82, 2.24) is 9.99 Å². The van der Waals surface area contributed by atoms with Gasteiger partial charge in [-0.3, -0.25) is 9.59 Å². The second-order valence-corrected chi connectivity index (χ2v) is 7.75. The van der Waals surface area contributed by atoms with Gasteiger partial charge in [0.25, 0.3) is 5.91 Å². The molecule has 0 aliphatic carbocycles. The molecule has 7 heteroatoms. The summed E-state index contributed by atoms with van der Waals surface area (Å²) in [5.41, 5.74) is 6.74. The summed E-state index contributed by atoms with van der Waals surface area (Å²) in [6.07, 6.45) is 3.65. The standard InChI is InChI=1S/C25H21ClN4O2/c1-17(31)28-22-12-8-19(9-13-22)25(32)29-27-14-20-16-30(24-5-3-2-4-23(20)24)15-18-6-10-21(26)11-7-18/h2-14,16H,15H2,1H3,(H,28,31)(H,29,32). The number of para-hydroxylation sites is 1. The van der Waals surface area contributed by atoms with Crippen molar-refractivity contribution in [3.05, 3.63) is 101 Å². The predicted molar refractivity (Wildman–Crippen MR) is 128 cm³/mol. The van der Waals surface area contributed by atoms with Gasteiger partial charge in [-0.1, -0.05) is 41.9 Å². The summed E-state index contributed by atoms with van der Waals surface area (Å²) < 4.78 is 2.14. The van der Waals surface area contributed by atoms with Crippen LogP contribution in [0.2, 0.25) is 5.02 Å². The Bertz CT molecular complexity index is 1290. The molecule has 0 saturated carbocycles. The van der Waals surface area contributed by atoms with E-state index in [1.807, 2.05) is 48.7 Å². The lowest BCUT2D eigenvalue weighted by atomic mass is 10.2. The van der Waals surface area contributed by atoms with Gasteiger partial charge in [-0.15, -0.1) is 0 Å². The number of benzene rings is 3. The predicted octanol–water partition coefficient (Wildman–Crippen LogP) is 5.07. The van der Waals surface area contributed by atoms with E-state index in [2.05, 4.69) is 26.5 Å². The molecule has 1 heterocycles. The van der Waals surface area contributed by atoms with Crippen LogP contribution in [-0.4, -0.2) is 22.6 Å². The van der Waals surface area contributed by atoms with E-state index < -0.39 is 0 Å². The molecule has 0 fully saturated rings. The maximum atomic E-state index is 12.4. The molecule has 0 saturated heterocycles. The fourth-order valence-electron chi connectivity index (χ4n) is 3.43. The van der Waals surface area contributed by atoms with Crippen molar-refractivity contribution in [2.24, 2.45) is 5.10 Å². The highest BCUT2D eigenvalue weighted by Gasteiger charge is 2.08. The Morgan fingerprint density at radius 2 is 1.72 bits per heavy atom. The molecule has 0 unspecified atom stereocenters. The number of halogens is 1. The summed E-state index contributed by atoms with van der Waals surface area (Å²) in [5, 5.41) is 8.56. The second-order valence-electron chi connectivity index (χ2n) is 7.31. The Morgan fingerprint density at radius 1 is 1.00 bits per heavy atom. The summed E-state index contributed by atoms with van der Waals surface area (Å²) in [6, 6.07) is 22.4. The number of nitrogens with zero attached hydrogens (tertiary/aromatic N) is 2. The number of fused-ring (bicyclic) bond motifs is 1. The van der Waals surface area contributed by atoms with Crippen molar-refractivity contribution in [2.75, 3.05) is 5.32 Å². The van der Waals surface area contributed by atoms with E-state index in [0.29, 0.717) is 22.8 Å². The molecule has 4 aromatic rings. The van der Waals surface area contributed by atoms with Crippen molar-refractivity contribution in [2.45, 2.75) is 13.5 Å². The largest absolute Gasteiger partial charge is 0.342 e. The van der Waals surface area contributed by atoms with Gasteiger partial charge in [0.05, 0.1) is 6.21 Å². The number of hydrazone groups is 1. The van der Waals surface area contributed by atoms with Crippen LogP contribution in [0, 0.1) is 0 Å². The molecule has 0 bridgehead atoms. The van der Waals surface area contributed by atoms with Gasteiger partial charge in [0, 0.05) is 52.4 Å². The number of hydrogen-bond acceptors (Lipinski definition) is 3. The number of amides is 2. The lowest BCUT2D eigenvalue weighted by Crippen LogP contribution is -2.17. The van der Waals surface area contributed by atoms with Crippen LogP contribution in [0.3, 0.4) is 0 Å². The molecule has 0 aliphatic rings. The van der Waals surface area contributed by atoms with E-state index in [-0.39, 0.29) is 11.8 Å². The van der Waals surface area contributed by atoms with Crippen molar-refractivity contribution >= 4 is 46.2 Å². The zero-order valence-corrected chi connectivity index (χ0v) is 18.1. The van der Waals surface area contributed by atoms with E-state index in [4.69, 9.17) is 11.6 Å². The minimum Gasteiger partial charge on any atom is -0.342 e. The fraction of sp³-hybridized carbons (Fsp3) is 0.0800. The molecule has 0 atom stereocenters. The summed E-state index contributed by atoms with van der Waals surface area (Å²) >= 11 is 5.99. The summed E-state index contributed by atoms with van der Waals surface area (Å²) in [6.45, 7) is 2.13. The first-order chi connectivity index (χ1) is 15.5. The van der Waals surface area contributed by atoms with Gasteiger partial charge in [0.2, 0.25) is 5.91 Å². The van der Waals surface area contributed by atoms with Gasteiger partial charge in [-0.2, -0.15) is 5.10 Å². The third kappa shape index (κ3) is 5.04. The maximum absolute atomic E-state index is 12.4. The molecule has 2 amide bonds. The Labute approximate surface area is 190 Å². The molecular weight excluding hydrogens is 424 g/mol. The van der Waals surface area contributed by atoms with Crippen LogP contribution < -0.4 is 10.7 Å². The second kappa shape index (κ2) is 9.49. The van der Waals surface area contributed by atoms with Gasteiger partial charge in [0.15, 0.2) is 0 Å². The molecule has 0 radical (unpaired) electrons. The highest BCUT2D eigenvalue weighted by atomic mass is 35.5. The van der Waals surface area contributed by atoms with E-state index in [0.717, 1.165) is 22.0 Å². The van der Waals surface area contributed by atoms with Gasteiger partial charge in [-0.05, 0) is 48.0 Å². The molecule has 0 aliphatic heterocycles. The SMILES string of the molecule is CC(=O)Nc1ccc(C(=O)NN=Cc2cn(Cc3ccc(Cl)cc3)c3ccccc23)cc1. The molecule has 4 rings (SSSR count).